The van der Waals surface area contributed by atoms with Crippen molar-refractivity contribution in [2.24, 2.45) is 0 Å². The Morgan fingerprint density at radius 2 is 1.87 bits per heavy atom. The number of hydrogen-bond donors (Lipinski definition) is 1. The van der Waals surface area contributed by atoms with Crippen LogP contribution in [0.1, 0.15) is 35.8 Å². The fourth-order valence-electron chi connectivity index (χ4n) is 3.39. The number of hydrogen-bond acceptors (Lipinski definition) is 5. The molecule has 6 nitrogen and oxygen atoms in total. The van der Waals surface area contributed by atoms with E-state index in [-0.39, 0.29) is 16.3 Å². The summed E-state index contributed by atoms with van der Waals surface area (Å²) in [5, 5.41) is 2.18. The van der Waals surface area contributed by atoms with E-state index in [0.29, 0.717) is 16.2 Å². The van der Waals surface area contributed by atoms with Gasteiger partial charge in [0.25, 0.3) is 11.8 Å². The summed E-state index contributed by atoms with van der Waals surface area (Å²) < 4.78 is 7.56. The van der Waals surface area contributed by atoms with E-state index in [1.165, 1.54) is 11.8 Å². The standard InChI is InChI=1S/C23H21N3O3S2/c1-14(2)25-13-16(18-6-4-5-7-19(18)25)12-20-22(28)26(23(30)31-20)24-21(27)15-8-10-17(29-3)11-9-15/h4-14H,1-3H3,(H,24,27)/b20-12+. The summed E-state index contributed by atoms with van der Waals surface area (Å²) >= 11 is 6.52. The lowest BCUT2D eigenvalue weighted by atomic mass is 10.1. The van der Waals surface area contributed by atoms with E-state index in [4.69, 9.17) is 17.0 Å². The van der Waals surface area contributed by atoms with Crippen LogP contribution in [0.4, 0.5) is 0 Å². The lowest BCUT2D eigenvalue weighted by Crippen LogP contribution is -2.44. The van der Waals surface area contributed by atoms with Crippen LogP contribution in [0.3, 0.4) is 0 Å². The molecule has 2 heterocycles. The lowest BCUT2D eigenvalue weighted by molar-refractivity contribution is -0.123. The molecule has 1 saturated heterocycles. The second-order valence-corrected chi connectivity index (χ2v) is 8.96. The summed E-state index contributed by atoms with van der Waals surface area (Å²) in [6.45, 7) is 4.23. The van der Waals surface area contributed by atoms with E-state index < -0.39 is 5.91 Å². The molecule has 3 aromatic rings. The molecule has 1 aromatic heterocycles. The van der Waals surface area contributed by atoms with Crippen molar-refractivity contribution in [2.45, 2.75) is 19.9 Å². The maximum absolute atomic E-state index is 13.0. The summed E-state index contributed by atoms with van der Waals surface area (Å²) in [6.07, 6.45) is 3.87. The van der Waals surface area contributed by atoms with E-state index in [9.17, 15) is 9.59 Å². The van der Waals surface area contributed by atoms with Crippen molar-refractivity contribution in [3.8, 4) is 5.75 Å². The molecule has 0 unspecified atom stereocenters. The van der Waals surface area contributed by atoms with Gasteiger partial charge in [0.2, 0.25) is 0 Å². The minimum Gasteiger partial charge on any atom is -0.497 e. The molecule has 2 amide bonds. The predicted octanol–water partition coefficient (Wildman–Crippen LogP) is 4.78. The highest BCUT2D eigenvalue weighted by molar-refractivity contribution is 8.26. The number of carbonyl (C=O) groups excluding carboxylic acids is 2. The number of rotatable bonds is 5. The van der Waals surface area contributed by atoms with Crippen LogP contribution in [0.25, 0.3) is 17.0 Å². The van der Waals surface area contributed by atoms with Gasteiger partial charge in [0.1, 0.15) is 5.75 Å². The van der Waals surface area contributed by atoms with E-state index in [0.717, 1.165) is 21.5 Å². The number of amides is 2. The summed E-state index contributed by atoms with van der Waals surface area (Å²) in [7, 11) is 1.56. The highest BCUT2D eigenvalue weighted by Gasteiger charge is 2.34. The first-order valence-electron chi connectivity index (χ1n) is 9.71. The number of hydrazine groups is 1. The Morgan fingerprint density at radius 3 is 2.55 bits per heavy atom. The third-order valence-electron chi connectivity index (χ3n) is 4.97. The van der Waals surface area contributed by atoms with E-state index in [2.05, 4.69) is 29.9 Å². The minimum absolute atomic E-state index is 0.283. The van der Waals surface area contributed by atoms with Crippen molar-refractivity contribution in [1.82, 2.24) is 15.0 Å². The molecule has 158 valence electrons. The lowest BCUT2D eigenvalue weighted by Gasteiger charge is -2.15. The molecule has 0 atom stereocenters. The topological polar surface area (TPSA) is 63.6 Å². The molecule has 31 heavy (non-hydrogen) atoms. The molecule has 0 saturated carbocycles. The molecule has 8 heteroatoms. The normalized spacial score (nSPS) is 15.4. The van der Waals surface area contributed by atoms with E-state index >= 15 is 0 Å². The van der Waals surface area contributed by atoms with Crippen molar-refractivity contribution in [2.75, 3.05) is 7.11 Å². The maximum Gasteiger partial charge on any atom is 0.285 e. The largest absolute Gasteiger partial charge is 0.497 e. The molecule has 2 aromatic carbocycles. The van der Waals surface area contributed by atoms with Gasteiger partial charge >= 0.3 is 0 Å². The maximum atomic E-state index is 13.0. The Labute approximate surface area is 189 Å². The second-order valence-electron chi connectivity index (χ2n) is 7.29. The van der Waals surface area contributed by atoms with Crippen molar-refractivity contribution in [3.05, 3.63) is 70.8 Å². The zero-order chi connectivity index (χ0) is 22.1. The Morgan fingerprint density at radius 1 is 1.16 bits per heavy atom. The number of aromatic nitrogens is 1. The smallest absolute Gasteiger partial charge is 0.285 e. The second kappa shape index (κ2) is 8.56. The van der Waals surface area contributed by atoms with Crippen LogP contribution in [0.15, 0.2) is 59.6 Å². The van der Waals surface area contributed by atoms with E-state index in [1.807, 2.05) is 30.5 Å². The van der Waals surface area contributed by atoms with Crippen molar-refractivity contribution in [3.63, 3.8) is 0 Å². The SMILES string of the molecule is COc1ccc(C(=O)NN2C(=O)/C(=C\c3cn(C(C)C)c4ccccc34)SC2=S)cc1. The number of nitrogens with one attached hydrogen (secondary N) is 1. The molecule has 0 aliphatic carbocycles. The number of thiocarbonyl (C=S) groups is 1. The summed E-state index contributed by atoms with van der Waals surface area (Å²) in [5.74, 6) is -0.125. The number of ether oxygens (including phenoxy) is 1. The van der Waals surface area contributed by atoms with Gasteiger partial charge in [0.15, 0.2) is 4.32 Å². The fourth-order valence-corrected chi connectivity index (χ4v) is 4.56. The van der Waals surface area contributed by atoms with Crippen molar-refractivity contribution >= 4 is 57.1 Å². The van der Waals surface area contributed by atoms with Gasteiger partial charge in [-0.3, -0.25) is 15.0 Å². The van der Waals surface area contributed by atoms with Gasteiger partial charge in [0.05, 0.1) is 12.0 Å². The Bertz CT molecular complexity index is 1210. The van der Waals surface area contributed by atoms with Crippen molar-refractivity contribution in [1.29, 1.82) is 0 Å². The average Bonchev–Trinajstić information content (AvgIpc) is 3.27. The molecule has 4 rings (SSSR count). The zero-order valence-corrected chi connectivity index (χ0v) is 18.9. The first-order valence-corrected chi connectivity index (χ1v) is 10.9. The van der Waals surface area contributed by atoms with Crippen molar-refractivity contribution < 1.29 is 14.3 Å². The molecule has 0 radical (unpaired) electrons. The van der Waals surface area contributed by atoms with Crippen LogP contribution in [0.2, 0.25) is 0 Å². The average molecular weight is 452 g/mol. The molecule has 1 N–H and O–H groups in total. The fraction of sp³-hybridized carbons (Fsp3) is 0.174. The number of carbonyl (C=O) groups is 2. The van der Waals surface area contributed by atoms with Gasteiger partial charge in [-0.2, -0.15) is 5.01 Å². The van der Waals surface area contributed by atoms with E-state index in [1.54, 1.807) is 31.4 Å². The van der Waals surface area contributed by atoms with Gasteiger partial charge in [-0.05, 0) is 62.5 Å². The third kappa shape index (κ3) is 4.08. The van der Waals surface area contributed by atoms with Crippen LogP contribution in [0.5, 0.6) is 5.75 Å². The Balaban J connectivity index is 1.59. The molecule has 1 aliphatic rings. The number of benzene rings is 2. The summed E-state index contributed by atoms with van der Waals surface area (Å²) in [5.41, 5.74) is 5.05. The molecular formula is C23H21N3O3S2. The van der Waals surface area contributed by atoms with Gasteiger partial charge in [-0.1, -0.05) is 30.0 Å². The molecule has 1 fully saturated rings. The number of methoxy groups -OCH3 is 1. The highest BCUT2D eigenvalue weighted by atomic mass is 32.2. The number of thioether (sulfide) groups is 1. The first-order chi connectivity index (χ1) is 14.9. The zero-order valence-electron chi connectivity index (χ0n) is 17.3. The van der Waals surface area contributed by atoms with Gasteiger partial charge in [0, 0.05) is 34.3 Å². The number of fused-ring (bicyclic) bond motifs is 1. The van der Waals surface area contributed by atoms with Crippen LogP contribution in [-0.4, -0.2) is 32.8 Å². The summed E-state index contributed by atoms with van der Waals surface area (Å²) in [4.78, 5) is 26.0. The van der Waals surface area contributed by atoms with Gasteiger partial charge in [-0.15, -0.1) is 0 Å². The highest BCUT2D eigenvalue weighted by Crippen LogP contribution is 2.34. The quantitative estimate of drug-likeness (QED) is 0.447. The number of nitrogens with zero attached hydrogens (tertiary/aromatic N) is 2. The van der Waals surface area contributed by atoms with Crippen LogP contribution >= 0.6 is 24.0 Å². The third-order valence-corrected chi connectivity index (χ3v) is 6.28. The molecule has 0 spiro atoms. The monoisotopic (exact) mass is 451 g/mol. The Kier molecular flexibility index (Phi) is 5.84. The van der Waals surface area contributed by atoms with Gasteiger partial charge < -0.3 is 9.30 Å². The predicted molar refractivity (Wildman–Crippen MR) is 128 cm³/mol. The first kappa shape index (κ1) is 21.1. The minimum atomic E-state index is -0.420. The van der Waals surface area contributed by atoms with Crippen LogP contribution < -0.4 is 10.2 Å². The number of para-hydroxylation sites is 1. The summed E-state index contributed by atoms with van der Waals surface area (Å²) in [6, 6.07) is 15.0. The van der Waals surface area contributed by atoms with Crippen LogP contribution in [-0.2, 0) is 4.79 Å². The van der Waals surface area contributed by atoms with Gasteiger partial charge in [-0.25, -0.2) is 0 Å². The molecule has 1 aliphatic heterocycles. The molecule has 0 bridgehead atoms. The van der Waals surface area contributed by atoms with Crippen LogP contribution in [0, 0.1) is 0 Å². The Hall–Kier alpha value is -3.10. The molecular weight excluding hydrogens is 430 g/mol.